The fourth-order valence-corrected chi connectivity index (χ4v) is 1.87. The highest BCUT2D eigenvalue weighted by molar-refractivity contribution is 5.85. The van der Waals surface area contributed by atoms with E-state index in [1.165, 1.54) is 5.69 Å². The molecule has 0 aliphatic carbocycles. The van der Waals surface area contributed by atoms with E-state index in [4.69, 9.17) is 0 Å². The molecular weight excluding hydrogens is 233 g/mol. The van der Waals surface area contributed by atoms with Crippen molar-refractivity contribution in [3.8, 4) is 0 Å². The molecule has 15 heavy (non-hydrogen) atoms. The van der Waals surface area contributed by atoms with Crippen LogP contribution in [0, 0.1) is 0 Å². The van der Waals surface area contributed by atoms with Crippen LogP contribution in [-0.4, -0.2) is 36.1 Å². The molecular formula is C10H19Cl2N3. The molecule has 0 saturated carbocycles. The monoisotopic (exact) mass is 251 g/mol. The van der Waals surface area contributed by atoms with E-state index < -0.39 is 0 Å². The Morgan fingerprint density at radius 1 is 1.27 bits per heavy atom. The van der Waals surface area contributed by atoms with E-state index in [9.17, 15) is 0 Å². The van der Waals surface area contributed by atoms with Gasteiger partial charge in [0.15, 0.2) is 0 Å². The standard InChI is InChI=1S/C10H17N3.2ClH/c1-9(10-3-2-4-12-10)13-7-5-11-6-8-13;;/h2-4,9,11-12H,5-8H2,1H3;2*1H/t9-;;/m0../s1. The Morgan fingerprint density at radius 3 is 2.47 bits per heavy atom. The number of hydrogen-bond donors (Lipinski definition) is 2. The van der Waals surface area contributed by atoms with E-state index in [-0.39, 0.29) is 24.8 Å². The molecule has 1 aromatic rings. The SMILES string of the molecule is C[C@@H](c1ccc[nH]1)N1CCNCC1.Cl.Cl. The van der Waals surface area contributed by atoms with Crippen LogP contribution >= 0.6 is 24.8 Å². The summed E-state index contributed by atoms with van der Waals surface area (Å²) in [6, 6.07) is 4.75. The summed E-state index contributed by atoms with van der Waals surface area (Å²) in [5.74, 6) is 0. The maximum Gasteiger partial charge on any atom is 0.0471 e. The first-order valence-electron chi connectivity index (χ1n) is 4.96. The Kier molecular flexibility index (Phi) is 7.02. The quantitative estimate of drug-likeness (QED) is 0.841. The molecule has 0 aromatic carbocycles. The average molecular weight is 252 g/mol. The minimum absolute atomic E-state index is 0. The van der Waals surface area contributed by atoms with Crippen molar-refractivity contribution in [2.75, 3.05) is 26.2 Å². The Balaban J connectivity index is 0.000000980. The first-order valence-corrected chi connectivity index (χ1v) is 4.96. The minimum atomic E-state index is 0. The Bertz CT molecular complexity index is 245. The summed E-state index contributed by atoms with van der Waals surface area (Å²) in [6.45, 7) is 6.80. The van der Waals surface area contributed by atoms with E-state index >= 15 is 0 Å². The Labute approximate surface area is 103 Å². The van der Waals surface area contributed by atoms with Crippen molar-refractivity contribution in [3.63, 3.8) is 0 Å². The first kappa shape index (κ1) is 14.8. The van der Waals surface area contributed by atoms with E-state index in [1.54, 1.807) is 0 Å². The molecule has 1 aliphatic rings. The summed E-state index contributed by atoms with van der Waals surface area (Å²) in [5.41, 5.74) is 1.32. The van der Waals surface area contributed by atoms with Crippen LogP contribution < -0.4 is 5.32 Å². The molecule has 0 unspecified atom stereocenters. The van der Waals surface area contributed by atoms with Crippen LogP contribution in [0.15, 0.2) is 18.3 Å². The van der Waals surface area contributed by atoms with E-state index in [1.807, 2.05) is 6.20 Å². The zero-order valence-corrected chi connectivity index (χ0v) is 10.5. The molecule has 3 nitrogen and oxygen atoms in total. The maximum absolute atomic E-state index is 3.36. The van der Waals surface area contributed by atoms with E-state index in [2.05, 4.69) is 34.3 Å². The van der Waals surface area contributed by atoms with Gasteiger partial charge in [-0.25, -0.2) is 0 Å². The minimum Gasteiger partial charge on any atom is -0.364 e. The van der Waals surface area contributed by atoms with Gasteiger partial charge in [0, 0.05) is 44.1 Å². The molecule has 0 radical (unpaired) electrons. The summed E-state index contributed by atoms with van der Waals surface area (Å²) in [5, 5.41) is 3.36. The average Bonchev–Trinajstić information content (AvgIpc) is 2.71. The topological polar surface area (TPSA) is 31.1 Å². The molecule has 2 heterocycles. The number of hydrogen-bond acceptors (Lipinski definition) is 2. The summed E-state index contributed by atoms with van der Waals surface area (Å²) < 4.78 is 0. The number of aromatic amines is 1. The van der Waals surface area contributed by atoms with Crippen molar-refractivity contribution in [2.45, 2.75) is 13.0 Å². The van der Waals surface area contributed by atoms with Gasteiger partial charge in [-0.15, -0.1) is 24.8 Å². The number of H-pyrrole nitrogens is 1. The molecule has 0 spiro atoms. The van der Waals surface area contributed by atoms with Crippen molar-refractivity contribution >= 4 is 24.8 Å². The lowest BCUT2D eigenvalue weighted by molar-refractivity contribution is 0.183. The largest absolute Gasteiger partial charge is 0.364 e. The van der Waals surface area contributed by atoms with Crippen molar-refractivity contribution in [1.82, 2.24) is 15.2 Å². The molecule has 5 heteroatoms. The van der Waals surface area contributed by atoms with Gasteiger partial charge in [0.2, 0.25) is 0 Å². The summed E-state index contributed by atoms with van der Waals surface area (Å²) in [7, 11) is 0. The number of nitrogens with one attached hydrogen (secondary N) is 2. The molecule has 1 fully saturated rings. The van der Waals surface area contributed by atoms with E-state index in [0.29, 0.717) is 6.04 Å². The Hall–Kier alpha value is -0.220. The van der Waals surface area contributed by atoms with Gasteiger partial charge in [-0.2, -0.15) is 0 Å². The highest BCUT2D eigenvalue weighted by atomic mass is 35.5. The molecule has 1 atom stereocenters. The molecule has 1 aromatic heterocycles. The highest BCUT2D eigenvalue weighted by Gasteiger charge is 2.17. The second kappa shape index (κ2) is 7.12. The van der Waals surface area contributed by atoms with Gasteiger partial charge in [0.1, 0.15) is 0 Å². The van der Waals surface area contributed by atoms with Crippen LogP contribution in [0.5, 0.6) is 0 Å². The van der Waals surface area contributed by atoms with Crippen LogP contribution in [0.3, 0.4) is 0 Å². The van der Waals surface area contributed by atoms with Gasteiger partial charge in [-0.05, 0) is 19.1 Å². The van der Waals surface area contributed by atoms with Crippen molar-refractivity contribution in [2.24, 2.45) is 0 Å². The summed E-state index contributed by atoms with van der Waals surface area (Å²) in [4.78, 5) is 5.77. The fraction of sp³-hybridized carbons (Fsp3) is 0.600. The molecule has 88 valence electrons. The third-order valence-electron chi connectivity index (χ3n) is 2.77. The predicted octanol–water partition coefficient (Wildman–Crippen LogP) is 1.82. The number of nitrogens with zero attached hydrogens (tertiary/aromatic N) is 1. The zero-order valence-electron chi connectivity index (χ0n) is 8.90. The van der Waals surface area contributed by atoms with E-state index in [0.717, 1.165) is 26.2 Å². The first-order chi connectivity index (χ1) is 6.38. The highest BCUT2D eigenvalue weighted by Crippen LogP contribution is 2.17. The van der Waals surface area contributed by atoms with Crippen LogP contribution in [-0.2, 0) is 0 Å². The van der Waals surface area contributed by atoms with Crippen LogP contribution in [0.4, 0.5) is 0 Å². The summed E-state index contributed by atoms with van der Waals surface area (Å²) >= 11 is 0. The number of halogens is 2. The molecule has 1 aliphatic heterocycles. The smallest absolute Gasteiger partial charge is 0.0471 e. The fourth-order valence-electron chi connectivity index (χ4n) is 1.87. The van der Waals surface area contributed by atoms with Gasteiger partial charge in [-0.3, -0.25) is 4.90 Å². The van der Waals surface area contributed by atoms with Gasteiger partial charge in [-0.1, -0.05) is 0 Å². The summed E-state index contributed by atoms with van der Waals surface area (Å²) in [6.07, 6.45) is 1.99. The lowest BCUT2D eigenvalue weighted by atomic mass is 10.2. The van der Waals surface area contributed by atoms with Gasteiger partial charge in [0.05, 0.1) is 0 Å². The molecule has 2 N–H and O–H groups in total. The molecule has 0 bridgehead atoms. The van der Waals surface area contributed by atoms with Crippen LogP contribution in [0.2, 0.25) is 0 Å². The van der Waals surface area contributed by atoms with Crippen LogP contribution in [0.25, 0.3) is 0 Å². The van der Waals surface area contributed by atoms with Gasteiger partial charge >= 0.3 is 0 Å². The lowest BCUT2D eigenvalue weighted by Gasteiger charge is -2.32. The maximum atomic E-state index is 3.36. The van der Waals surface area contributed by atoms with Crippen molar-refractivity contribution in [3.05, 3.63) is 24.0 Å². The third-order valence-corrected chi connectivity index (χ3v) is 2.77. The van der Waals surface area contributed by atoms with Gasteiger partial charge in [0.25, 0.3) is 0 Å². The van der Waals surface area contributed by atoms with Crippen molar-refractivity contribution < 1.29 is 0 Å². The molecule has 1 saturated heterocycles. The lowest BCUT2D eigenvalue weighted by Crippen LogP contribution is -2.44. The molecule has 2 rings (SSSR count). The second-order valence-electron chi connectivity index (χ2n) is 3.59. The van der Waals surface area contributed by atoms with Crippen LogP contribution in [0.1, 0.15) is 18.7 Å². The number of aromatic nitrogens is 1. The zero-order chi connectivity index (χ0) is 9.10. The predicted molar refractivity (Wildman–Crippen MR) is 68.1 cm³/mol. The molecule has 0 amide bonds. The normalized spacial score (nSPS) is 18.7. The number of piperazine rings is 1. The van der Waals surface area contributed by atoms with Gasteiger partial charge < -0.3 is 10.3 Å². The third kappa shape index (κ3) is 3.68. The second-order valence-corrected chi connectivity index (χ2v) is 3.59. The van der Waals surface area contributed by atoms with Crippen molar-refractivity contribution in [1.29, 1.82) is 0 Å². The number of rotatable bonds is 2. The Morgan fingerprint density at radius 2 is 1.93 bits per heavy atom.